The molecule has 0 aliphatic heterocycles. The van der Waals surface area contributed by atoms with Gasteiger partial charge in [0.15, 0.2) is 0 Å². The lowest BCUT2D eigenvalue weighted by atomic mass is 10.0. The van der Waals surface area contributed by atoms with E-state index in [4.69, 9.17) is 0 Å². The van der Waals surface area contributed by atoms with Gasteiger partial charge in [-0.25, -0.2) is 0 Å². The maximum atomic E-state index is 13.1. The van der Waals surface area contributed by atoms with Gasteiger partial charge in [0.05, 0.1) is 11.3 Å². The summed E-state index contributed by atoms with van der Waals surface area (Å²) in [5.41, 5.74) is 6.85. The van der Waals surface area contributed by atoms with Gasteiger partial charge in [0.2, 0.25) is 0 Å². The number of carbonyl (C=O) groups excluding carboxylic acids is 1. The number of anilines is 1. The van der Waals surface area contributed by atoms with Crippen molar-refractivity contribution >= 4 is 50.1 Å². The molecular formula is C20H24BrIN2O. The number of halogens is 2. The van der Waals surface area contributed by atoms with E-state index in [1.807, 2.05) is 13.8 Å². The predicted molar refractivity (Wildman–Crippen MR) is 117 cm³/mol. The second kappa shape index (κ2) is 8.62. The highest BCUT2D eigenvalue weighted by Gasteiger charge is 2.20. The van der Waals surface area contributed by atoms with Gasteiger partial charge in [0.1, 0.15) is 0 Å². The van der Waals surface area contributed by atoms with E-state index in [9.17, 15) is 4.79 Å². The Morgan fingerprint density at radius 3 is 2.12 bits per heavy atom. The molecule has 2 rings (SSSR count). The third-order valence-electron chi connectivity index (χ3n) is 4.47. The van der Waals surface area contributed by atoms with Crippen LogP contribution in [0.1, 0.15) is 59.2 Å². The average Bonchev–Trinajstić information content (AvgIpc) is 2.55. The number of pyridine rings is 1. The van der Waals surface area contributed by atoms with Crippen molar-refractivity contribution in [2.24, 2.45) is 0 Å². The Morgan fingerprint density at radius 1 is 1.08 bits per heavy atom. The molecule has 0 saturated heterocycles. The first-order valence-corrected chi connectivity index (χ1v) is 10.5. The molecule has 0 atom stereocenters. The Bertz CT molecular complexity index is 793. The molecule has 0 aliphatic carbocycles. The summed E-state index contributed by atoms with van der Waals surface area (Å²) in [6, 6.07) is 4.16. The number of amides is 1. The molecule has 0 spiro atoms. The van der Waals surface area contributed by atoms with Gasteiger partial charge in [0.25, 0.3) is 5.91 Å². The van der Waals surface area contributed by atoms with E-state index < -0.39 is 0 Å². The number of nitrogens with one attached hydrogen (secondary N) is 1. The largest absolute Gasteiger partial charge is 0.321 e. The lowest BCUT2D eigenvalue weighted by Crippen LogP contribution is -2.19. The van der Waals surface area contributed by atoms with Gasteiger partial charge in [-0.2, -0.15) is 0 Å². The molecule has 0 unspecified atom stereocenters. The zero-order valence-corrected chi connectivity index (χ0v) is 19.1. The van der Waals surface area contributed by atoms with Crippen LogP contribution in [0.15, 0.2) is 16.6 Å². The second-order valence-corrected chi connectivity index (χ2v) is 8.06. The van der Waals surface area contributed by atoms with Crippen molar-refractivity contribution < 1.29 is 4.79 Å². The summed E-state index contributed by atoms with van der Waals surface area (Å²) in [5, 5.41) is 3.17. The molecule has 0 bridgehead atoms. The van der Waals surface area contributed by atoms with Crippen molar-refractivity contribution in [1.29, 1.82) is 0 Å². The van der Waals surface area contributed by atoms with E-state index >= 15 is 0 Å². The van der Waals surface area contributed by atoms with E-state index in [0.29, 0.717) is 5.56 Å². The van der Waals surface area contributed by atoms with Gasteiger partial charge in [-0.05, 0) is 84.5 Å². The zero-order valence-electron chi connectivity index (χ0n) is 15.4. The molecule has 1 aromatic carbocycles. The fourth-order valence-corrected chi connectivity index (χ4v) is 5.10. The van der Waals surface area contributed by atoms with Crippen LogP contribution in [0.4, 0.5) is 5.69 Å². The SMILES string of the molecule is CCc1cc(Br)cc(CC)c1NC(=O)c1c(C)nc(C)c(CC)c1I. The van der Waals surface area contributed by atoms with Crippen molar-refractivity contribution in [2.75, 3.05) is 5.32 Å². The van der Waals surface area contributed by atoms with Crippen LogP contribution in [0.2, 0.25) is 0 Å². The van der Waals surface area contributed by atoms with Gasteiger partial charge in [-0.3, -0.25) is 9.78 Å². The van der Waals surface area contributed by atoms with Crippen LogP contribution >= 0.6 is 38.5 Å². The number of benzene rings is 1. The smallest absolute Gasteiger partial charge is 0.258 e. The van der Waals surface area contributed by atoms with Gasteiger partial charge in [-0.15, -0.1) is 0 Å². The number of hydrogen-bond acceptors (Lipinski definition) is 2. The Labute approximate surface area is 172 Å². The van der Waals surface area contributed by atoms with Crippen LogP contribution in [0, 0.1) is 17.4 Å². The summed E-state index contributed by atoms with van der Waals surface area (Å²) in [5.74, 6) is -0.0733. The third kappa shape index (κ3) is 4.25. The Balaban J connectivity index is 2.52. The zero-order chi connectivity index (χ0) is 18.7. The molecule has 0 aliphatic rings. The summed E-state index contributed by atoms with van der Waals surface area (Å²) in [7, 11) is 0. The number of hydrogen-bond donors (Lipinski definition) is 1. The van der Waals surface area contributed by atoms with Crippen molar-refractivity contribution in [2.45, 2.75) is 53.9 Å². The number of aryl methyl sites for hydroxylation is 4. The molecule has 134 valence electrons. The number of carbonyl (C=O) groups is 1. The minimum Gasteiger partial charge on any atom is -0.321 e. The summed E-state index contributed by atoms with van der Waals surface area (Å²) < 4.78 is 2.06. The summed E-state index contributed by atoms with van der Waals surface area (Å²) in [6.45, 7) is 10.2. The van der Waals surface area contributed by atoms with Crippen LogP contribution in [0.25, 0.3) is 0 Å². The van der Waals surface area contributed by atoms with Crippen LogP contribution in [-0.4, -0.2) is 10.9 Å². The molecule has 5 heteroatoms. The van der Waals surface area contributed by atoms with Crippen molar-refractivity contribution in [3.8, 4) is 0 Å². The fraction of sp³-hybridized carbons (Fsp3) is 0.400. The van der Waals surface area contributed by atoms with Crippen molar-refractivity contribution in [3.05, 3.63) is 53.8 Å². The standard InChI is InChI=1S/C20H24BrIN2O/c1-6-13-9-15(21)10-14(7-2)19(13)24-20(25)17-12(5)23-11(4)16(8-3)18(17)22/h9-10H,6-8H2,1-5H3,(H,24,25). The average molecular weight is 515 g/mol. The molecule has 3 nitrogen and oxygen atoms in total. The van der Waals surface area contributed by atoms with Crippen LogP contribution in [0.5, 0.6) is 0 Å². The highest BCUT2D eigenvalue weighted by atomic mass is 127. The molecule has 0 saturated carbocycles. The van der Waals surface area contributed by atoms with Crippen molar-refractivity contribution in [3.63, 3.8) is 0 Å². The quantitative estimate of drug-likeness (QED) is 0.497. The van der Waals surface area contributed by atoms with E-state index in [-0.39, 0.29) is 5.91 Å². The lowest BCUT2D eigenvalue weighted by Gasteiger charge is -2.18. The first-order valence-electron chi connectivity index (χ1n) is 8.62. The van der Waals surface area contributed by atoms with Crippen LogP contribution in [0.3, 0.4) is 0 Å². The Hall–Kier alpha value is -0.950. The summed E-state index contributed by atoms with van der Waals surface area (Å²) in [4.78, 5) is 17.7. The molecule has 25 heavy (non-hydrogen) atoms. The minimum absolute atomic E-state index is 0.0733. The highest BCUT2D eigenvalue weighted by molar-refractivity contribution is 14.1. The lowest BCUT2D eigenvalue weighted by molar-refractivity contribution is 0.102. The van der Waals surface area contributed by atoms with Gasteiger partial charge >= 0.3 is 0 Å². The minimum atomic E-state index is -0.0733. The first-order chi connectivity index (χ1) is 11.8. The molecule has 1 aromatic heterocycles. The summed E-state index contributed by atoms with van der Waals surface area (Å²) >= 11 is 5.85. The fourth-order valence-electron chi connectivity index (χ4n) is 3.14. The van der Waals surface area contributed by atoms with E-state index in [1.54, 1.807) is 0 Å². The van der Waals surface area contributed by atoms with Crippen LogP contribution < -0.4 is 5.32 Å². The first kappa shape index (κ1) is 20.4. The molecule has 0 radical (unpaired) electrons. The summed E-state index contributed by atoms with van der Waals surface area (Å²) in [6.07, 6.45) is 2.60. The van der Waals surface area contributed by atoms with E-state index in [0.717, 1.165) is 61.1 Å². The van der Waals surface area contributed by atoms with Crippen LogP contribution in [-0.2, 0) is 19.3 Å². The van der Waals surface area contributed by atoms with Gasteiger partial charge in [-0.1, -0.05) is 36.7 Å². The number of rotatable bonds is 5. The van der Waals surface area contributed by atoms with E-state index in [2.05, 4.69) is 81.7 Å². The molecule has 1 heterocycles. The maximum Gasteiger partial charge on any atom is 0.258 e. The van der Waals surface area contributed by atoms with Gasteiger partial charge in [0, 0.05) is 19.4 Å². The Kier molecular flexibility index (Phi) is 7.02. The third-order valence-corrected chi connectivity index (χ3v) is 6.11. The van der Waals surface area contributed by atoms with E-state index in [1.165, 1.54) is 0 Å². The topological polar surface area (TPSA) is 42.0 Å². The molecular weight excluding hydrogens is 491 g/mol. The Morgan fingerprint density at radius 2 is 1.64 bits per heavy atom. The normalized spacial score (nSPS) is 10.8. The molecule has 2 aromatic rings. The number of aromatic nitrogens is 1. The molecule has 1 amide bonds. The maximum absolute atomic E-state index is 13.1. The molecule has 0 fully saturated rings. The predicted octanol–water partition coefficient (Wildman–Crippen LogP) is 6.01. The van der Waals surface area contributed by atoms with Gasteiger partial charge < -0.3 is 5.32 Å². The molecule has 1 N–H and O–H groups in total. The second-order valence-electron chi connectivity index (χ2n) is 6.06. The highest BCUT2D eigenvalue weighted by Crippen LogP contribution is 2.29. The number of nitrogens with zero attached hydrogens (tertiary/aromatic N) is 1. The van der Waals surface area contributed by atoms with Crippen molar-refractivity contribution in [1.82, 2.24) is 4.98 Å². The monoisotopic (exact) mass is 514 g/mol.